The lowest BCUT2D eigenvalue weighted by Gasteiger charge is -2.29. The highest BCUT2D eigenvalue weighted by molar-refractivity contribution is 5.84. The number of guanidine groups is 1. The van der Waals surface area contributed by atoms with Crippen molar-refractivity contribution >= 4 is 11.9 Å². The molecule has 0 aromatic heterocycles. The first-order chi connectivity index (χ1) is 13.0. The van der Waals surface area contributed by atoms with Crippen LogP contribution < -0.4 is 10.6 Å². The molecule has 27 heavy (non-hydrogen) atoms. The Kier molecular flexibility index (Phi) is 8.10. The molecule has 1 saturated carbocycles. The summed E-state index contributed by atoms with van der Waals surface area (Å²) >= 11 is 0. The van der Waals surface area contributed by atoms with Crippen LogP contribution in [0.1, 0.15) is 44.1 Å². The Hall–Kier alpha value is -2.08. The van der Waals surface area contributed by atoms with Gasteiger partial charge in [0, 0.05) is 33.1 Å². The van der Waals surface area contributed by atoms with Crippen molar-refractivity contribution in [2.45, 2.75) is 38.5 Å². The van der Waals surface area contributed by atoms with E-state index in [1.165, 1.54) is 0 Å². The highest BCUT2D eigenvalue weighted by Crippen LogP contribution is 2.39. The molecule has 0 radical (unpaired) electrons. The predicted octanol–water partition coefficient (Wildman–Crippen LogP) is 1.97. The Bertz CT molecular complexity index is 610. The van der Waals surface area contributed by atoms with E-state index in [2.05, 4.69) is 10.6 Å². The molecule has 1 unspecified atom stereocenters. The Balaban J connectivity index is 2.05. The Morgan fingerprint density at radius 3 is 2.44 bits per heavy atom. The third-order valence-electron chi connectivity index (χ3n) is 5.31. The van der Waals surface area contributed by atoms with E-state index in [0.29, 0.717) is 19.0 Å². The van der Waals surface area contributed by atoms with E-state index < -0.39 is 0 Å². The second kappa shape index (κ2) is 10.3. The van der Waals surface area contributed by atoms with Gasteiger partial charge in [-0.25, -0.2) is 0 Å². The zero-order valence-electron chi connectivity index (χ0n) is 16.9. The smallest absolute Gasteiger partial charge is 0.230 e. The summed E-state index contributed by atoms with van der Waals surface area (Å²) in [5, 5.41) is 16.3. The predicted molar refractivity (Wildman–Crippen MR) is 110 cm³/mol. The van der Waals surface area contributed by atoms with Gasteiger partial charge in [0.1, 0.15) is 0 Å². The average Bonchev–Trinajstić information content (AvgIpc) is 3.16. The van der Waals surface area contributed by atoms with Crippen molar-refractivity contribution in [2.24, 2.45) is 10.4 Å². The number of benzene rings is 1. The summed E-state index contributed by atoms with van der Waals surface area (Å²) in [4.78, 5) is 19.1. The summed E-state index contributed by atoms with van der Waals surface area (Å²) in [7, 11) is 3.64. The van der Waals surface area contributed by atoms with Crippen LogP contribution in [-0.4, -0.2) is 62.2 Å². The molecule has 1 atom stereocenters. The third-order valence-corrected chi connectivity index (χ3v) is 5.31. The van der Waals surface area contributed by atoms with Gasteiger partial charge in [-0.1, -0.05) is 43.2 Å². The molecule has 0 bridgehead atoms. The molecular formula is C21H34N4O2. The number of aliphatic imine (C=N–C) groups is 1. The molecule has 0 saturated heterocycles. The third kappa shape index (κ3) is 5.70. The second-order valence-electron chi connectivity index (χ2n) is 7.55. The lowest BCUT2D eigenvalue weighted by Crippen LogP contribution is -2.43. The Labute approximate surface area is 163 Å². The number of aliphatic hydroxyl groups is 1. The minimum atomic E-state index is -0.373. The van der Waals surface area contributed by atoms with Crippen LogP contribution in [0.25, 0.3) is 0 Å². The number of carbonyl (C=O) groups excluding carboxylic acids is 1. The first-order valence-electron chi connectivity index (χ1n) is 9.92. The van der Waals surface area contributed by atoms with E-state index in [-0.39, 0.29) is 23.8 Å². The molecule has 1 fully saturated rings. The first kappa shape index (κ1) is 21.2. The van der Waals surface area contributed by atoms with Crippen LogP contribution in [0.3, 0.4) is 0 Å². The fourth-order valence-corrected chi connectivity index (χ4v) is 3.77. The van der Waals surface area contributed by atoms with Crippen LogP contribution in [-0.2, 0) is 4.79 Å². The normalized spacial score (nSPS) is 17.4. The minimum Gasteiger partial charge on any atom is -0.396 e. The van der Waals surface area contributed by atoms with Gasteiger partial charge in [0.15, 0.2) is 5.96 Å². The number of rotatable bonds is 8. The first-order valence-corrected chi connectivity index (χ1v) is 9.92. The van der Waals surface area contributed by atoms with E-state index in [4.69, 9.17) is 4.99 Å². The van der Waals surface area contributed by atoms with Crippen LogP contribution in [0.5, 0.6) is 0 Å². The van der Waals surface area contributed by atoms with Crippen LogP contribution in [0, 0.1) is 5.41 Å². The van der Waals surface area contributed by atoms with Gasteiger partial charge in [0.05, 0.1) is 18.6 Å². The van der Waals surface area contributed by atoms with Gasteiger partial charge in [-0.3, -0.25) is 9.79 Å². The lowest BCUT2D eigenvalue weighted by atomic mass is 9.85. The monoisotopic (exact) mass is 374 g/mol. The summed E-state index contributed by atoms with van der Waals surface area (Å²) in [6.07, 6.45) is 3.96. The molecule has 1 aliphatic rings. The maximum absolute atomic E-state index is 12.7. The fourth-order valence-electron chi connectivity index (χ4n) is 3.77. The zero-order valence-corrected chi connectivity index (χ0v) is 16.9. The number of hydrogen-bond acceptors (Lipinski definition) is 3. The van der Waals surface area contributed by atoms with E-state index in [1.54, 1.807) is 4.90 Å². The number of nitrogens with one attached hydrogen (secondary N) is 2. The number of nitrogens with zero attached hydrogens (tertiary/aromatic N) is 2. The van der Waals surface area contributed by atoms with E-state index in [9.17, 15) is 9.90 Å². The number of aliphatic hydroxyl groups excluding tert-OH is 1. The lowest BCUT2D eigenvalue weighted by molar-refractivity contribution is -0.138. The van der Waals surface area contributed by atoms with Gasteiger partial charge < -0.3 is 20.6 Å². The van der Waals surface area contributed by atoms with Gasteiger partial charge in [-0.05, 0) is 25.3 Å². The molecule has 1 aromatic rings. The van der Waals surface area contributed by atoms with Crippen molar-refractivity contribution in [1.82, 2.24) is 15.5 Å². The van der Waals surface area contributed by atoms with E-state index in [1.807, 2.05) is 51.4 Å². The molecule has 3 N–H and O–H groups in total. The topological polar surface area (TPSA) is 77.0 Å². The number of hydrogen-bond donors (Lipinski definition) is 3. The van der Waals surface area contributed by atoms with Crippen LogP contribution in [0.4, 0.5) is 0 Å². The molecule has 1 aliphatic carbocycles. The summed E-state index contributed by atoms with van der Waals surface area (Å²) in [6.45, 7) is 3.92. The number of carbonyl (C=O) groups is 1. The molecule has 2 rings (SSSR count). The van der Waals surface area contributed by atoms with Gasteiger partial charge in [-0.15, -0.1) is 0 Å². The molecule has 1 amide bonds. The van der Waals surface area contributed by atoms with Crippen molar-refractivity contribution in [1.29, 1.82) is 0 Å². The van der Waals surface area contributed by atoms with E-state index in [0.717, 1.165) is 37.8 Å². The molecular weight excluding hydrogens is 340 g/mol. The summed E-state index contributed by atoms with van der Waals surface area (Å²) in [6, 6.07) is 9.98. The van der Waals surface area contributed by atoms with Crippen molar-refractivity contribution in [3.8, 4) is 0 Å². The Morgan fingerprint density at radius 1 is 1.22 bits per heavy atom. The van der Waals surface area contributed by atoms with Crippen molar-refractivity contribution in [3.63, 3.8) is 0 Å². The van der Waals surface area contributed by atoms with E-state index >= 15 is 0 Å². The maximum Gasteiger partial charge on any atom is 0.230 e. The summed E-state index contributed by atoms with van der Waals surface area (Å²) in [5.41, 5.74) is 0.722. The van der Waals surface area contributed by atoms with Crippen molar-refractivity contribution < 1.29 is 9.90 Å². The van der Waals surface area contributed by atoms with Crippen LogP contribution in [0.15, 0.2) is 35.3 Å². The average molecular weight is 375 g/mol. The largest absolute Gasteiger partial charge is 0.396 e. The van der Waals surface area contributed by atoms with Gasteiger partial charge in [-0.2, -0.15) is 0 Å². The molecule has 1 aromatic carbocycles. The SMILES string of the molecule is CCNC(=NCC1(C(=O)N(C)C)CCCC1)NCC(CO)c1ccccc1. The maximum atomic E-state index is 12.7. The quantitative estimate of drug-likeness (QED) is 0.480. The van der Waals surface area contributed by atoms with Crippen molar-refractivity contribution in [2.75, 3.05) is 40.3 Å². The highest BCUT2D eigenvalue weighted by atomic mass is 16.3. The number of amides is 1. The summed E-state index contributed by atoms with van der Waals surface area (Å²) in [5.74, 6) is 0.876. The standard InChI is InChI=1S/C21H34N4O2/c1-4-22-20(23-14-18(15-26)17-10-6-5-7-11-17)24-16-21(12-8-9-13-21)19(27)25(2)3/h5-7,10-11,18,26H,4,8-9,12-16H2,1-3H3,(H2,22,23,24). The van der Waals surface area contributed by atoms with Gasteiger partial charge in [0.2, 0.25) is 5.91 Å². The fraction of sp³-hybridized carbons (Fsp3) is 0.619. The molecule has 0 aliphatic heterocycles. The van der Waals surface area contributed by atoms with Crippen LogP contribution in [0.2, 0.25) is 0 Å². The van der Waals surface area contributed by atoms with Gasteiger partial charge in [0.25, 0.3) is 0 Å². The molecule has 6 nitrogen and oxygen atoms in total. The van der Waals surface area contributed by atoms with Crippen molar-refractivity contribution in [3.05, 3.63) is 35.9 Å². The second-order valence-corrected chi connectivity index (χ2v) is 7.55. The van der Waals surface area contributed by atoms with Crippen LogP contribution >= 0.6 is 0 Å². The highest BCUT2D eigenvalue weighted by Gasteiger charge is 2.42. The molecule has 6 heteroatoms. The molecule has 0 spiro atoms. The molecule has 150 valence electrons. The summed E-state index contributed by atoms with van der Waals surface area (Å²) < 4.78 is 0. The molecule has 0 heterocycles. The van der Waals surface area contributed by atoms with Gasteiger partial charge >= 0.3 is 0 Å². The Morgan fingerprint density at radius 2 is 1.89 bits per heavy atom. The minimum absolute atomic E-state index is 0.00101. The zero-order chi connectivity index (χ0) is 19.7.